The Balaban J connectivity index is 0.000000690. The van der Waals surface area contributed by atoms with Gasteiger partial charge in [0.05, 0.1) is 6.21 Å². The van der Waals surface area contributed by atoms with Crippen molar-refractivity contribution in [2.75, 3.05) is 6.61 Å². The van der Waals surface area contributed by atoms with Gasteiger partial charge in [0.2, 0.25) is 5.96 Å². The predicted octanol–water partition coefficient (Wildman–Crippen LogP) is 0.454. The van der Waals surface area contributed by atoms with Gasteiger partial charge < -0.3 is 10.5 Å². The van der Waals surface area contributed by atoms with Crippen molar-refractivity contribution in [3.8, 4) is 5.75 Å². The van der Waals surface area contributed by atoms with Crippen LogP contribution >= 0.6 is 15.9 Å². The van der Waals surface area contributed by atoms with Crippen LogP contribution in [0.25, 0.3) is 0 Å². The summed E-state index contributed by atoms with van der Waals surface area (Å²) < 4.78 is 37.9. The Morgan fingerprint density at radius 2 is 1.90 bits per heavy atom. The lowest BCUT2D eigenvalue weighted by Gasteiger charge is -2.01. The summed E-state index contributed by atoms with van der Waals surface area (Å²) in [6.07, 6.45) is 1.42. The highest BCUT2D eigenvalue weighted by Crippen LogP contribution is 2.15. The molecule has 0 atom stereocenters. The van der Waals surface area contributed by atoms with Crippen LogP contribution < -0.4 is 16.0 Å². The fourth-order valence-electron chi connectivity index (χ4n) is 0.823. The van der Waals surface area contributed by atoms with Crippen LogP contribution in [-0.4, -0.2) is 41.5 Å². The molecule has 0 fully saturated rings. The molecule has 118 valence electrons. The van der Waals surface area contributed by atoms with Gasteiger partial charge >= 0.3 is 10.4 Å². The standard InChI is InChI=1S/C9H11BrN4O2.H2O4S/c10-7-1-3-8(4-2-7)16-6-5-12-13-9(11)14-15;1-5(2,3)4/h1-5,15H,6H2,(H3,11,13,14);(H2,1,2,3,4)/b12-5+;. The van der Waals surface area contributed by atoms with Crippen molar-refractivity contribution in [3.05, 3.63) is 28.7 Å². The quantitative estimate of drug-likeness (QED) is 0.216. The van der Waals surface area contributed by atoms with E-state index in [9.17, 15) is 0 Å². The van der Waals surface area contributed by atoms with Gasteiger partial charge in [-0.05, 0) is 24.3 Å². The number of hydrogen-bond donors (Lipinski definition) is 5. The first kappa shape index (κ1) is 19.3. The first-order chi connectivity index (χ1) is 9.72. The van der Waals surface area contributed by atoms with Crippen molar-refractivity contribution < 1.29 is 27.5 Å². The number of guanidine groups is 1. The normalized spacial score (nSPS) is 11.7. The van der Waals surface area contributed by atoms with E-state index in [-0.39, 0.29) is 12.6 Å². The lowest BCUT2D eigenvalue weighted by Crippen LogP contribution is -2.27. The molecule has 10 nitrogen and oxygen atoms in total. The fraction of sp³-hybridized carbons (Fsp3) is 0.111. The molecule has 0 radical (unpaired) electrons. The van der Waals surface area contributed by atoms with E-state index in [0.717, 1.165) is 10.2 Å². The molecule has 0 saturated heterocycles. The lowest BCUT2D eigenvalue weighted by molar-refractivity contribution is 0.232. The minimum Gasteiger partial charge on any atom is -0.488 e. The Morgan fingerprint density at radius 1 is 1.38 bits per heavy atom. The molecule has 0 aliphatic heterocycles. The SMILES string of the molecule is N/C(=N/N=C/COc1ccc(Br)cc1)NO.O=S(=O)(O)O. The highest BCUT2D eigenvalue weighted by Gasteiger charge is 1.91. The molecular weight excluding hydrogens is 372 g/mol. The molecule has 1 aromatic rings. The van der Waals surface area contributed by atoms with Crippen molar-refractivity contribution in [1.29, 1.82) is 0 Å². The lowest BCUT2D eigenvalue weighted by atomic mass is 10.3. The highest BCUT2D eigenvalue weighted by molar-refractivity contribution is 9.10. The zero-order valence-corrected chi connectivity index (χ0v) is 12.8. The maximum Gasteiger partial charge on any atom is 0.394 e. The second-order valence-electron chi connectivity index (χ2n) is 3.11. The zero-order chi connectivity index (χ0) is 16.3. The van der Waals surface area contributed by atoms with E-state index in [1.54, 1.807) is 5.48 Å². The average molecular weight is 385 g/mol. The Morgan fingerprint density at radius 3 is 2.38 bits per heavy atom. The topological polar surface area (TPSA) is 167 Å². The van der Waals surface area contributed by atoms with Crippen molar-refractivity contribution in [2.24, 2.45) is 15.9 Å². The van der Waals surface area contributed by atoms with E-state index >= 15 is 0 Å². The Kier molecular flexibility index (Phi) is 9.23. The number of nitrogens with zero attached hydrogens (tertiary/aromatic N) is 2. The molecule has 0 heterocycles. The third kappa shape index (κ3) is 14.5. The Bertz CT molecular complexity index is 566. The van der Waals surface area contributed by atoms with Crippen molar-refractivity contribution >= 4 is 38.5 Å². The molecule has 0 amide bonds. The van der Waals surface area contributed by atoms with Gasteiger partial charge in [-0.15, -0.1) is 5.10 Å². The first-order valence-corrected chi connectivity index (χ1v) is 7.24. The van der Waals surface area contributed by atoms with Crippen LogP contribution in [0.15, 0.2) is 38.9 Å². The minimum absolute atomic E-state index is 0.181. The molecule has 0 bridgehead atoms. The summed E-state index contributed by atoms with van der Waals surface area (Å²) in [7, 11) is -4.67. The molecule has 1 aromatic carbocycles. The monoisotopic (exact) mass is 384 g/mol. The van der Waals surface area contributed by atoms with Crippen LogP contribution in [0.1, 0.15) is 0 Å². The number of nitrogens with two attached hydrogens (primary N) is 1. The molecular formula is C9H13BrN4O6S. The number of benzene rings is 1. The van der Waals surface area contributed by atoms with Gasteiger partial charge in [-0.2, -0.15) is 13.5 Å². The van der Waals surface area contributed by atoms with Crippen molar-refractivity contribution in [3.63, 3.8) is 0 Å². The Labute approximate surface area is 129 Å². The van der Waals surface area contributed by atoms with E-state index in [0.29, 0.717) is 0 Å². The fourth-order valence-corrected chi connectivity index (χ4v) is 1.09. The third-order valence-electron chi connectivity index (χ3n) is 1.50. The number of rotatable bonds is 4. The van der Waals surface area contributed by atoms with Crippen LogP contribution in [0.5, 0.6) is 5.75 Å². The van der Waals surface area contributed by atoms with Gasteiger partial charge in [0.25, 0.3) is 0 Å². The second-order valence-corrected chi connectivity index (χ2v) is 4.92. The van der Waals surface area contributed by atoms with Gasteiger partial charge in [0, 0.05) is 4.47 Å². The molecule has 6 N–H and O–H groups in total. The van der Waals surface area contributed by atoms with Crippen LogP contribution in [0, 0.1) is 0 Å². The number of halogens is 1. The summed E-state index contributed by atoms with van der Waals surface area (Å²) in [5.41, 5.74) is 6.76. The van der Waals surface area contributed by atoms with Crippen LogP contribution in [0.3, 0.4) is 0 Å². The van der Waals surface area contributed by atoms with Gasteiger partial charge in [-0.3, -0.25) is 14.3 Å². The number of hydroxylamine groups is 1. The molecule has 0 unspecified atom stereocenters. The maximum absolute atomic E-state index is 8.74. The molecule has 0 spiro atoms. The van der Waals surface area contributed by atoms with Crippen LogP contribution in [0.4, 0.5) is 0 Å². The van der Waals surface area contributed by atoms with Gasteiger partial charge in [-0.1, -0.05) is 15.9 Å². The number of ether oxygens (including phenoxy) is 1. The molecule has 0 aromatic heterocycles. The van der Waals surface area contributed by atoms with E-state index < -0.39 is 10.4 Å². The van der Waals surface area contributed by atoms with Gasteiger partial charge in [0.15, 0.2) is 0 Å². The van der Waals surface area contributed by atoms with E-state index in [1.807, 2.05) is 24.3 Å². The van der Waals surface area contributed by atoms with Crippen LogP contribution in [0.2, 0.25) is 0 Å². The molecule has 0 aliphatic carbocycles. The van der Waals surface area contributed by atoms with Crippen molar-refractivity contribution in [1.82, 2.24) is 5.48 Å². The molecule has 12 heteroatoms. The summed E-state index contributed by atoms with van der Waals surface area (Å²) in [6.45, 7) is 0.268. The summed E-state index contributed by atoms with van der Waals surface area (Å²) in [4.78, 5) is 0. The average Bonchev–Trinajstić information content (AvgIpc) is 2.38. The number of nitrogens with one attached hydrogen (secondary N) is 1. The van der Waals surface area contributed by atoms with E-state index in [1.165, 1.54) is 6.21 Å². The maximum atomic E-state index is 8.74. The summed E-state index contributed by atoms with van der Waals surface area (Å²) in [5, 5.41) is 15.2. The van der Waals surface area contributed by atoms with E-state index in [2.05, 4.69) is 26.1 Å². The van der Waals surface area contributed by atoms with Gasteiger partial charge in [-0.25, -0.2) is 5.48 Å². The molecule has 21 heavy (non-hydrogen) atoms. The third-order valence-corrected chi connectivity index (χ3v) is 2.03. The molecule has 1 rings (SSSR count). The van der Waals surface area contributed by atoms with Gasteiger partial charge in [0.1, 0.15) is 12.4 Å². The Hall–Kier alpha value is -1.73. The predicted molar refractivity (Wildman–Crippen MR) is 78.9 cm³/mol. The van der Waals surface area contributed by atoms with Crippen molar-refractivity contribution in [2.45, 2.75) is 0 Å². The first-order valence-electron chi connectivity index (χ1n) is 5.05. The smallest absolute Gasteiger partial charge is 0.394 e. The largest absolute Gasteiger partial charge is 0.488 e. The summed E-state index contributed by atoms with van der Waals surface area (Å²) in [5.74, 6) is 0.548. The number of hydrogen-bond acceptors (Lipinski definition) is 6. The molecule has 0 saturated carbocycles. The van der Waals surface area contributed by atoms with E-state index in [4.69, 9.17) is 33.2 Å². The summed E-state index contributed by atoms with van der Waals surface area (Å²) >= 11 is 3.32. The van der Waals surface area contributed by atoms with Crippen LogP contribution in [-0.2, 0) is 10.4 Å². The molecule has 0 aliphatic rings. The minimum atomic E-state index is -4.67. The summed E-state index contributed by atoms with van der Waals surface area (Å²) in [6, 6.07) is 7.40. The zero-order valence-electron chi connectivity index (χ0n) is 10.4. The highest BCUT2D eigenvalue weighted by atomic mass is 79.9. The second kappa shape index (κ2) is 10.1.